The number of rotatable bonds is 6. The fourth-order valence-corrected chi connectivity index (χ4v) is 4.13. The largest absolute Gasteiger partial charge is 0.379 e. The van der Waals surface area contributed by atoms with Gasteiger partial charge in [-0.25, -0.2) is 4.98 Å². The first kappa shape index (κ1) is 18.7. The second-order valence-corrected chi connectivity index (χ2v) is 7.67. The lowest BCUT2D eigenvalue weighted by Gasteiger charge is -2.33. The summed E-state index contributed by atoms with van der Waals surface area (Å²) in [4.78, 5) is 24.9. The van der Waals surface area contributed by atoms with Crippen LogP contribution < -0.4 is 5.32 Å². The molecule has 0 bridgehead atoms. The molecule has 1 amide bonds. The molecule has 0 spiro atoms. The van der Waals surface area contributed by atoms with Crippen molar-refractivity contribution < 1.29 is 9.53 Å². The molecule has 2 aromatic heterocycles. The molecule has 0 aliphatic carbocycles. The first-order valence-corrected chi connectivity index (χ1v) is 10.1. The maximum Gasteiger partial charge on any atom is 0.242 e. The van der Waals surface area contributed by atoms with E-state index in [0.29, 0.717) is 19.8 Å². The maximum atomic E-state index is 13.1. The summed E-state index contributed by atoms with van der Waals surface area (Å²) < 4.78 is 5.44. The molecule has 1 N–H and O–H groups in total. The van der Waals surface area contributed by atoms with Crippen molar-refractivity contribution in [3.63, 3.8) is 0 Å². The van der Waals surface area contributed by atoms with Gasteiger partial charge in [-0.3, -0.25) is 14.7 Å². The van der Waals surface area contributed by atoms with Crippen LogP contribution in [0.2, 0.25) is 0 Å². The Hall–Kier alpha value is -2.61. The van der Waals surface area contributed by atoms with Gasteiger partial charge in [0, 0.05) is 42.1 Å². The summed E-state index contributed by atoms with van der Waals surface area (Å²) >= 11 is 1.60. The highest BCUT2D eigenvalue weighted by Crippen LogP contribution is 2.25. The third kappa shape index (κ3) is 4.44. The van der Waals surface area contributed by atoms with Crippen LogP contribution in [0.3, 0.4) is 0 Å². The molecular formula is C21H22N4O2S. The van der Waals surface area contributed by atoms with Crippen LogP contribution in [0.4, 0.5) is 0 Å². The highest BCUT2D eigenvalue weighted by atomic mass is 32.1. The summed E-state index contributed by atoms with van der Waals surface area (Å²) in [5.41, 5.74) is 1.99. The first-order valence-electron chi connectivity index (χ1n) is 9.31. The van der Waals surface area contributed by atoms with Crippen LogP contribution in [-0.4, -0.2) is 47.1 Å². The Morgan fingerprint density at radius 1 is 1.14 bits per heavy atom. The van der Waals surface area contributed by atoms with E-state index in [0.717, 1.165) is 34.1 Å². The summed E-state index contributed by atoms with van der Waals surface area (Å²) in [6.45, 7) is 3.19. The minimum Gasteiger partial charge on any atom is -0.379 e. The van der Waals surface area contributed by atoms with Crippen LogP contribution in [0.25, 0.3) is 10.6 Å². The molecule has 1 aliphatic rings. The minimum atomic E-state index is -0.362. The molecule has 1 aliphatic heterocycles. The summed E-state index contributed by atoms with van der Waals surface area (Å²) in [6.07, 6.45) is 5.32. The minimum absolute atomic E-state index is 0.0236. The quantitative estimate of drug-likeness (QED) is 0.696. The maximum absolute atomic E-state index is 13.1. The van der Waals surface area contributed by atoms with Gasteiger partial charge in [-0.05, 0) is 11.6 Å². The summed E-state index contributed by atoms with van der Waals surface area (Å²) in [5.74, 6) is -0.0236. The molecule has 6 nitrogen and oxygen atoms in total. The molecule has 28 heavy (non-hydrogen) atoms. The number of thiazole rings is 1. The lowest BCUT2D eigenvalue weighted by Crippen LogP contribution is -2.45. The highest BCUT2D eigenvalue weighted by Gasteiger charge is 2.29. The number of morpholine rings is 1. The zero-order valence-electron chi connectivity index (χ0n) is 15.5. The number of nitrogens with one attached hydrogen (secondary N) is 1. The molecule has 3 aromatic rings. The number of carbonyl (C=O) groups excluding carboxylic acids is 1. The van der Waals surface area contributed by atoms with Crippen molar-refractivity contribution in [2.45, 2.75) is 12.6 Å². The number of benzene rings is 1. The molecule has 1 atom stereocenters. The van der Waals surface area contributed by atoms with Gasteiger partial charge >= 0.3 is 0 Å². The SMILES string of the molecule is O=C(NCc1cnc(-c2ccccc2)s1)C(c1cccnc1)N1CCOCC1. The molecule has 1 fully saturated rings. The van der Waals surface area contributed by atoms with E-state index in [4.69, 9.17) is 4.74 Å². The van der Waals surface area contributed by atoms with Gasteiger partial charge in [-0.15, -0.1) is 11.3 Å². The molecular weight excluding hydrogens is 372 g/mol. The number of amides is 1. The number of pyridine rings is 1. The summed E-state index contributed by atoms with van der Waals surface area (Å²) in [6, 6.07) is 13.5. The number of ether oxygens (including phenoxy) is 1. The van der Waals surface area contributed by atoms with Gasteiger partial charge in [-0.1, -0.05) is 36.4 Å². The molecule has 3 heterocycles. The van der Waals surface area contributed by atoms with E-state index in [1.165, 1.54) is 0 Å². The Morgan fingerprint density at radius 3 is 2.71 bits per heavy atom. The first-order chi connectivity index (χ1) is 13.8. The van der Waals surface area contributed by atoms with Crippen molar-refractivity contribution in [3.05, 3.63) is 71.5 Å². The Balaban J connectivity index is 1.45. The van der Waals surface area contributed by atoms with E-state index in [1.54, 1.807) is 23.7 Å². The van der Waals surface area contributed by atoms with Gasteiger partial charge in [0.25, 0.3) is 0 Å². The van der Waals surface area contributed by atoms with Gasteiger partial charge in [0.2, 0.25) is 5.91 Å². The predicted molar refractivity (Wildman–Crippen MR) is 109 cm³/mol. The second kappa shape index (κ2) is 9.05. The summed E-state index contributed by atoms with van der Waals surface area (Å²) in [5, 5.41) is 4.04. The number of aromatic nitrogens is 2. The van der Waals surface area contributed by atoms with Crippen LogP contribution >= 0.6 is 11.3 Å². The van der Waals surface area contributed by atoms with Crippen molar-refractivity contribution in [2.24, 2.45) is 0 Å². The van der Waals surface area contributed by atoms with E-state index in [2.05, 4.69) is 20.2 Å². The monoisotopic (exact) mass is 394 g/mol. The van der Waals surface area contributed by atoms with Gasteiger partial charge in [0.05, 0.1) is 19.8 Å². The van der Waals surface area contributed by atoms with Gasteiger partial charge in [0.1, 0.15) is 11.0 Å². The van der Waals surface area contributed by atoms with E-state index >= 15 is 0 Å². The van der Waals surface area contributed by atoms with E-state index in [9.17, 15) is 4.79 Å². The topological polar surface area (TPSA) is 67.4 Å². The third-order valence-corrected chi connectivity index (χ3v) is 5.72. The number of nitrogens with zero attached hydrogens (tertiary/aromatic N) is 3. The third-order valence-electron chi connectivity index (χ3n) is 4.67. The predicted octanol–water partition coefficient (Wildman–Crippen LogP) is 2.89. The van der Waals surface area contributed by atoms with Crippen LogP contribution in [0.5, 0.6) is 0 Å². The zero-order chi connectivity index (χ0) is 19.2. The van der Waals surface area contributed by atoms with Crippen LogP contribution in [0.15, 0.2) is 61.1 Å². The smallest absolute Gasteiger partial charge is 0.242 e. The number of hydrogen-bond acceptors (Lipinski definition) is 6. The average molecular weight is 395 g/mol. The Kier molecular flexibility index (Phi) is 6.06. The van der Waals surface area contributed by atoms with Crippen molar-refractivity contribution in [2.75, 3.05) is 26.3 Å². The Labute approximate surface area is 168 Å². The van der Waals surface area contributed by atoms with Crippen LogP contribution in [-0.2, 0) is 16.1 Å². The Morgan fingerprint density at radius 2 is 1.96 bits per heavy atom. The fourth-order valence-electron chi connectivity index (χ4n) is 3.28. The van der Waals surface area contributed by atoms with Gasteiger partial charge in [-0.2, -0.15) is 0 Å². The molecule has 144 valence electrons. The van der Waals surface area contributed by atoms with Crippen molar-refractivity contribution in [1.29, 1.82) is 0 Å². The van der Waals surface area contributed by atoms with E-state index in [1.807, 2.05) is 48.7 Å². The molecule has 0 radical (unpaired) electrons. The van der Waals surface area contributed by atoms with Gasteiger partial charge < -0.3 is 10.1 Å². The molecule has 1 unspecified atom stereocenters. The molecule has 1 aromatic carbocycles. The van der Waals surface area contributed by atoms with E-state index in [-0.39, 0.29) is 11.9 Å². The molecule has 7 heteroatoms. The standard InChI is InChI=1S/C21H22N4O2S/c26-20(19(17-7-4-8-22-13-17)25-9-11-27-12-10-25)23-14-18-15-24-21(28-18)16-5-2-1-3-6-16/h1-8,13,15,19H,9-12,14H2,(H,23,26). The van der Waals surface area contributed by atoms with Crippen LogP contribution in [0, 0.1) is 0 Å². The normalized spacial score (nSPS) is 15.9. The van der Waals surface area contributed by atoms with Crippen molar-refractivity contribution >= 4 is 17.2 Å². The van der Waals surface area contributed by atoms with Gasteiger partial charge in [0.15, 0.2) is 0 Å². The van der Waals surface area contributed by atoms with Crippen molar-refractivity contribution in [3.8, 4) is 10.6 Å². The number of hydrogen-bond donors (Lipinski definition) is 1. The van der Waals surface area contributed by atoms with E-state index < -0.39 is 0 Å². The van der Waals surface area contributed by atoms with Crippen molar-refractivity contribution in [1.82, 2.24) is 20.2 Å². The van der Waals surface area contributed by atoms with Crippen LogP contribution in [0.1, 0.15) is 16.5 Å². The lowest BCUT2D eigenvalue weighted by molar-refractivity contribution is -0.128. The molecule has 1 saturated heterocycles. The molecule has 0 saturated carbocycles. The fraction of sp³-hybridized carbons (Fsp3) is 0.286. The summed E-state index contributed by atoms with van der Waals surface area (Å²) in [7, 11) is 0. The number of carbonyl (C=O) groups is 1. The highest BCUT2D eigenvalue weighted by molar-refractivity contribution is 7.15. The molecule has 4 rings (SSSR count). The second-order valence-electron chi connectivity index (χ2n) is 6.55. The zero-order valence-corrected chi connectivity index (χ0v) is 16.3. The Bertz CT molecular complexity index is 895. The lowest BCUT2D eigenvalue weighted by atomic mass is 10.1. The average Bonchev–Trinajstić information content (AvgIpc) is 3.24.